The topological polar surface area (TPSA) is 75.7 Å². The van der Waals surface area contributed by atoms with Gasteiger partial charge in [0, 0.05) is 13.6 Å². The Kier molecular flexibility index (Phi) is 7.25. The van der Waals surface area contributed by atoms with Crippen molar-refractivity contribution in [3.8, 4) is 5.75 Å². The Morgan fingerprint density at radius 3 is 2.48 bits per heavy atom. The molecule has 0 saturated heterocycles. The summed E-state index contributed by atoms with van der Waals surface area (Å²) in [6.45, 7) is 2.44. The van der Waals surface area contributed by atoms with E-state index in [1.807, 2.05) is 6.92 Å². The number of sulfonamides is 1. The number of carbonyl (C=O) groups excluding carboxylic acids is 1. The maximum Gasteiger partial charge on any atom is 0.241 e. The number of unbranched alkanes of at least 4 members (excludes halogenated alkanes) is 1. The normalized spacial score (nSPS) is 15.3. The zero-order valence-electron chi connectivity index (χ0n) is 15.0. The van der Waals surface area contributed by atoms with Crippen LogP contribution < -0.4 is 9.46 Å². The summed E-state index contributed by atoms with van der Waals surface area (Å²) in [5, 5.41) is 0. The fourth-order valence-electron chi connectivity index (χ4n) is 2.79. The molecule has 7 heteroatoms. The number of nitrogens with zero attached hydrogens (tertiary/aromatic N) is 1. The zero-order valence-corrected chi connectivity index (χ0v) is 15.8. The summed E-state index contributed by atoms with van der Waals surface area (Å²) < 4.78 is 32.8. The monoisotopic (exact) mass is 368 g/mol. The molecule has 1 fully saturated rings. The number of ether oxygens (including phenoxy) is 1. The maximum atomic E-state index is 12.3. The van der Waals surface area contributed by atoms with Crippen LogP contribution in [0.4, 0.5) is 0 Å². The SMILES string of the molecule is CCCCN(C)C(=O)CNS(=O)(=O)c1ccc(OC2CCCC2)cc1. The standard InChI is InChI=1S/C18H28N2O4S/c1-3-4-13-20(2)18(21)14-19-25(22,23)17-11-9-16(10-12-17)24-15-7-5-6-8-15/h9-12,15,19H,3-8,13-14H2,1-2H3. The van der Waals surface area contributed by atoms with Crippen molar-refractivity contribution in [3.63, 3.8) is 0 Å². The molecule has 0 radical (unpaired) electrons. The third-order valence-corrected chi connectivity index (χ3v) is 5.84. The molecule has 2 rings (SSSR count). The van der Waals surface area contributed by atoms with E-state index in [0.29, 0.717) is 12.3 Å². The van der Waals surface area contributed by atoms with Gasteiger partial charge in [-0.1, -0.05) is 13.3 Å². The first kappa shape index (κ1) is 19.7. The van der Waals surface area contributed by atoms with Crippen LogP contribution >= 0.6 is 0 Å². The van der Waals surface area contributed by atoms with E-state index in [-0.39, 0.29) is 23.5 Å². The Labute approximate surface area is 150 Å². The van der Waals surface area contributed by atoms with E-state index in [2.05, 4.69) is 4.72 Å². The van der Waals surface area contributed by atoms with Gasteiger partial charge in [0.2, 0.25) is 15.9 Å². The average molecular weight is 368 g/mol. The van der Waals surface area contributed by atoms with Gasteiger partial charge in [0.1, 0.15) is 5.75 Å². The summed E-state index contributed by atoms with van der Waals surface area (Å²) in [4.78, 5) is 13.6. The molecule has 1 saturated carbocycles. The van der Waals surface area contributed by atoms with Crippen LogP contribution in [0.2, 0.25) is 0 Å². The summed E-state index contributed by atoms with van der Waals surface area (Å²) in [5.41, 5.74) is 0. The fourth-order valence-corrected chi connectivity index (χ4v) is 3.77. The van der Waals surface area contributed by atoms with Gasteiger partial charge in [-0.3, -0.25) is 4.79 Å². The number of likely N-dealkylation sites (N-methyl/N-ethyl adjacent to an activating group) is 1. The van der Waals surface area contributed by atoms with Crippen LogP contribution in [-0.2, 0) is 14.8 Å². The van der Waals surface area contributed by atoms with Crippen molar-refractivity contribution < 1.29 is 17.9 Å². The molecule has 0 atom stereocenters. The van der Waals surface area contributed by atoms with Gasteiger partial charge in [0.05, 0.1) is 17.5 Å². The minimum absolute atomic E-state index is 0.135. The zero-order chi connectivity index (χ0) is 18.3. The molecule has 1 aliphatic rings. The number of hydrogen-bond donors (Lipinski definition) is 1. The molecule has 1 aromatic carbocycles. The maximum absolute atomic E-state index is 12.3. The van der Waals surface area contributed by atoms with Crippen LogP contribution in [0, 0.1) is 0 Å². The predicted molar refractivity (Wildman–Crippen MR) is 97.1 cm³/mol. The highest BCUT2D eigenvalue weighted by Gasteiger charge is 2.19. The number of rotatable bonds is 9. The minimum atomic E-state index is -3.71. The van der Waals surface area contributed by atoms with Crippen molar-refractivity contribution in [3.05, 3.63) is 24.3 Å². The lowest BCUT2D eigenvalue weighted by molar-refractivity contribution is -0.128. The Bertz CT molecular complexity index is 652. The smallest absolute Gasteiger partial charge is 0.241 e. The molecule has 0 heterocycles. The van der Waals surface area contributed by atoms with Gasteiger partial charge in [0.25, 0.3) is 0 Å². The number of carbonyl (C=O) groups is 1. The van der Waals surface area contributed by atoms with Crippen molar-refractivity contribution in [1.29, 1.82) is 0 Å². The Morgan fingerprint density at radius 1 is 1.24 bits per heavy atom. The van der Waals surface area contributed by atoms with Crippen LogP contribution in [0.15, 0.2) is 29.2 Å². The van der Waals surface area contributed by atoms with E-state index in [0.717, 1.165) is 25.7 Å². The van der Waals surface area contributed by atoms with Crippen LogP contribution in [0.3, 0.4) is 0 Å². The number of amides is 1. The molecule has 6 nitrogen and oxygen atoms in total. The Morgan fingerprint density at radius 2 is 1.88 bits per heavy atom. The summed E-state index contributed by atoms with van der Waals surface area (Å²) in [7, 11) is -2.02. The molecule has 1 amide bonds. The minimum Gasteiger partial charge on any atom is -0.490 e. The van der Waals surface area contributed by atoms with E-state index in [4.69, 9.17) is 4.74 Å². The molecule has 1 aliphatic carbocycles. The number of hydrogen-bond acceptors (Lipinski definition) is 4. The van der Waals surface area contributed by atoms with Gasteiger partial charge >= 0.3 is 0 Å². The molecule has 140 valence electrons. The van der Waals surface area contributed by atoms with Crippen molar-refractivity contribution in [2.24, 2.45) is 0 Å². The molecular weight excluding hydrogens is 340 g/mol. The van der Waals surface area contributed by atoms with Gasteiger partial charge in [-0.2, -0.15) is 0 Å². The third kappa shape index (κ3) is 6.01. The third-order valence-electron chi connectivity index (χ3n) is 4.43. The molecule has 25 heavy (non-hydrogen) atoms. The second-order valence-electron chi connectivity index (χ2n) is 6.49. The van der Waals surface area contributed by atoms with Gasteiger partial charge < -0.3 is 9.64 Å². The summed E-state index contributed by atoms with van der Waals surface area (Å²) >= 11 is 0. The Balaban J connectivity index is 1.89. The molecule has 0 bridgehead atoms. The van der Waals surface area contributed by atoms with Crippen molar-refractivity contribution in [1.82, 2.24) is 9.62 Å². The molecule has 1 aromatic rings. The molecule has 0 aromatic heterocycles. The van der Waals surface area contributed by atoms with E-state index < -0.39 is 10.0 Å². The number of nitrogens with one attached hydrogen (secondary N) is 1. The first-order chi connectivity index (χ1) is 11.9. The van der Waals surface area contributed by atoms with E-state index in [1.165, 1.54) is 25.0 Å². The second kappa shape index (κ2) is 9.20. The van der Waals surface area contributed by atoms with Gasteiger partial charge in [0.15, 0.2) is 0 Å². The second-order valence-corrected chi connectivity index (χ2v) is 8.26. The summed E-state index contributed by atoms with van der Waals surface area (Å²) in [6, 6.07) is 6.36. The molecular formula is C18H28N2O4S. The molecule has 1 N–H and O–H groups in total. The number of benzene rings is 1. The first-order valence-electron chi connectivity index (χ1n) is 8.92. The van der Waals surface area contributed by atoms with Crippen LogP contribution in [0.25, 0.3) is 0 Å². The molecule has 0 aliphatic heterocycles. The highest BCUT2D eigenvalue weighted by molar-refractivity contribution is 7.89. The van der Waals surface area contributed by atoms with Gasteiger partial charge in [-0.05, 0) is 56.4 Å². The lowest BCUT2D eigenvalue weighted by Gasteiger charge is -2.17. The highest BCUT2D eigenvalue weighted by Crippen LogP contribution is 2.24. The highest BCUT2D eigenvalue weighted by atomic mass is 32.2. The van der Waals surface area contributed by atoms with Crippen molar-refractivity contribution >= 4 is 15.9 Å². The van der Waals surface area contributed by atoms with E-state index in [1.54, 1.807) is 24.1 Å². The van der Waals surface area contributed by atoms with Crippen LogP contribution in [0.5, 0.6) is 5.75 Å². The fraction of sp³-hybridized carbons (Fsp3) is 0.611. The largest absolute Gasteiger partial charge is 0.490 e. The molecule has 0 unspecified atom stereocenters. The quantitative estimate of drug-likeness (QED) is 0.727. The Hall–Kier alpha value is -1.60. The van der Waals surface area contributed by atoms with Crippen LogP contribution in [0.1, 0.15) is 45.4 Å². The first-order valence-corrected chi connectivity index (χ1v) is 10.4. The average Bonchev–Trinajstić information content (AvgIpc) is 3.11. The molecule has 0 spiro atoms. The van der Waals surface area contributed by atoms with Gasteiger partial charge in [-0.15, -0.1) is 0 Å². The van der Waals surface area contributed by atoms with Crippen LogP contribution in [-0.4, -0.2) is 45.5 Å². The lowest BCUT2D eigenvalue weighted by atomic mass is 10.3. The lowest BCUT2D eigenvalue weighted by Crippen LogP contribution is -2.38. The van der Waals surface area contributed by atoms with Crippen molar-refractivity contribution in [2.45, 2.75) is 56.4 Å². The van der Waals surface area contributed by atoms with E-state index >= 15 is 0 Å². The summed E-state index contributed by atoms with van der Waals surface area (Å²) in [5.74, 6) is 0.444. The summed E-state index contributed by atoms with van der Waals surface area (Å²) in [6.07, 6.45) is 6.58. The van der Waals surface area contributed by atoms with Crippen molar-refractivity contribution in [2.75, 3.05) is 20.1 Å². The van der Waals surface area contributed by atoms with Gasteiger partial charge in [-0.25, -0.2) is 13.1 Å². The predicted octanol–water partition coefficient (Wildman–Crippen LogP) is 2.54. The van der Waals surface area contributed by atoms with E-state index in [9.17, 15) is 13.2 Å².